The Balaban J connectivity index is 1.81. The van der Waals surface area contributed by atoms with Crippen molar-refractivity contribution in [3.8, 4) is 11.5 Å². The summed E-state index contributed by atoms with van der Waals surface area (Å²) in [4.78, 5) is 5.09. The minimum Gasteiger partial charge on any atom is -0.493 e. The highest BCUT2D eigenvalue weighted by Crippen LogP contribution is 2.28. The second-order valence-corrected chi connectivity index (χ2v) is 8.59. The van der Waals surface area contributed by atoms with Gasteiger partial charge in [-0.3, -0.25) is 0 Å². The van der Waals surface area contributed by atoms with Gasteiger partial charge in [0.05, 0.1) is 12.3 Å². The highest BCUT2D eigenvalue weighted by Gasteiger charge is 2.13. The maximum Gasteiger partial charge on any atom is 0.125 e. The van der Waals surface area contributed by atoms with E-state index in [0.29, 0.717) is 12.5 Å². The molecule has 2 rings (SSSR count). The van der Waals surface area contributed by atoms with Crippen LogP contribution in [-0.2, 0) is 11.3 Å². The first-order valence-corrected chi connectivity index (χ1v) is 12.2. The first-order valence-electron chi connectivity index (χ1n) is 12.2. The third-order valence-corrected chi connectivity index (χ3v) is 5.86. The third kappa shape index (κ3) is 8.60. The fraction of sp³-hybridized carbons (Fsp3) is 0.483. The quantitative estimate of drug-likeness (QED) is 0.130. The number of rotatable bonds is 14. The topological polar surface area (TPSA) is 40.0 Å². The molecule has 0 bridgehead atoms. The van der Waals surface area contributed by atoms with Gasteiger partial charge in [0.15, 0.2) is 0 Å². The average molecular weight is 452 g/mol. The van der Waals surface area contributed by atoms with Gasteiger partial charge in [-0.2, -0.15) is 0 Å². The lowest BCUT2D eigenvalue weighted by atomic mass is 9.94. The lowest BCUT2D eigenvalue weighted by Crippen LogP contribution is -2.12. The summed E-state index contributed by atoms with van der Waals surface area (Å²) in [5, 5.41) is 4.28. The Labute approximate surface area is 200 Å². The monoisotopic (exact) mass is 451 g/mol. The molecule has 0 radical (unpaired) electrons. The van der Waals surface area contributed by atoms with E-state index in [1.807, 2.05) is 19.1 Å². The molecule has 0 aliphatic heterocycles. The van der Waals surface area contributed by atoms with Crippen molar-refractivity contribution in [1.29, 1.82) is 0 Å². The van der Waals surface area contributed by atoms with Crippen LogP contribution in [0, 0.1) is 19.8 Å². The molecule has 0 saturated heterocycles. The normalized spacial score (nSPS) is 12.7. The van der Waals surface area contributed by atoms with E-state index in [2.05, 4.69) is 69.2 Å². The van der Waals surface area contributed by atoms with Crippen LogP contribution in [-0.4, -0.2) is 26.0 Å². The van der Waals surface area contributed by atoms with Crippen molar-refractivity contribution < 1.29 is 14.3 Å². The number of benzene rings is 2. The van der Waals surface area contributed by atoms with Crippen LogP contribution < -0.4 is 9.47 Å². The predicted octanol–water partition coefficient (Wildman–Crippen LogP) is 7.45. The highest BCUT2D eigenvalue weighted by molar-refractivity contribution is 6.01. The van der Waals surface area contributed by atoms with Gasteiger partial charge in [0.25, 0.3) is 0 Å². The van der Waals surface area contributed by atoms with E-state index in [4.69, 9.17) is 14.3 Å². The minimum atomic E-state index is 0.373. The van der Waals surface area contributed by atoms with Crippen LogP contribution in [0.15, 0.2) is 53.7 Å². The van der Waals surface area contributed by atoms with Crippen LogP contribution in [0.3, 0.4) is 0 Å². The maximum absolute atomic E-state index is 6.12. The minimum absolute atomic E-state index is 0.373. The lowest BCUT2D eigenvalue weighted by Gasteiger charge is -2.14. The molecular weight excluding hydrogens is 410 g/mol. The number of hydrogen-bond donors (Lipinski definition) is 0. The maximum atomic E-state index is 6.12. The van der Waals surface area contributed by atoms with Gasteiger partial charge in [-0.05, 0) is 93.3 Å². The number of ether oxygens (including phenoxy) is 2. The largest absolute Gasteiger partial charge is 0.493 e. The number of unbranched alkanes of at least 4 members (excludes halogenated alkanes) is 2. The summed E-state index contributed by atoms with van der Waals surface area (Å²) in [6.45, 7) is 11.9. The smallest absolute Gasteiger partial charge is 0.125 e. The number of allylic oxidation sites excluding steroid dienone is 1. The molecule has 1 atom stereocenters. The second-order valence-electron chi connectivity index (χ2n) is 8.59. The van der Waals surface area contributed by atoms with Crippen molar-refractivity contribution >= 4 is 5.71 Å². The Hall–Kier alpha value is -2.75. The second kappa shape index (κ2) is 14.4. The van der Waals surface area contributed by atoms with Gasteiger partial charge >= 0.3 is 0 Å². The molecule has 1 unspecified atom stereocenters. The third-order valence-electron chi connectivity index (χ3n) is 5.86. The number of aryl methyl sites for hydroxylation is 3. The molecule has 0 N–H and O–H groups in total. The van der Waals surface area contributed by atoms with Crippen LogP contribution in [0.5, 0.6) is 11.5 Å². The van der Waals surface area contributed by atoms with E-state index >= 15 is 0 Å². The number of oxime groups is 1. The Morgan fingerprint density at radius 1 is 1.03 bits per heavy atom. The van der Waals surface area contributed by atoms with Gasteiger partial charge in [-0.25, -0.2) is 0 Å². The van der Waals surface area contributed by atoms with Crippen molar-refractivity contribution in [3.63, 3.8) is 0 Å². The van der Waals surface area contributed by atoms with E-state index < -0.39 is 0 Å². The van der Waals surface area contributed by atoms with Crippen molar-refractivity contribution in [2.45, 2.75) is 66.7 Å². The average Bonchev–Trinajstić information content (AvgIpc) is 2.81. The number of nitrogens with zero attached hydrogens (tertiary/aromatic N) is 1. The van der Waals surface area contributed by atoms with Crippen molar-refractivity contribution in [1.82, 2.24) is 0 Å². The summed E-state index contributed by atoms with van der Waals surface area (Å²) in [5.41, 5.74) is 5.78. The summed E-state index contributed by atoms with van der Waals surface area (Å²) in [6, 6.07) is 12.8. The molecule has 180 valence electrons. The van der Waals surface area contributed by atoms with Crippen LogP contribution in [0.2, 0.25) is 0 Å². The van der Waals surface area contributed by atoms with Gasteiger partial charge in [0.2, 0.25) is 0 Å². The molecule has 0 amide bonds. The molecule has 0 fully saturated rings. The van der Waals surface area contributed by atoms with Gasteiger partial charge in [0, 0.05) is 5.92 Å². The molecule has 2 aromatic carbocycles. The van der Waals surface area contributed by atoms with Gasteiger partial charge in [0.1, 0.15) is 25.2 Å². The Bertz CT molecular complexity index is 894. The van der Waals surface area contributed by atoms with Crippen molar-refractivity contribution in [2.75, 3.05) is 20.3 Å². The number of hydrogen-bond acceptors (Lipinski definition) is 4. The lowest BCUT2D eigenvalue weighted by molar-refractivity contribution is 0.211. The highest BCUT2D eigenvalue weighted by atomic mass is 16.6. The summed E-state index contributed by atoms with van der Waals surface area (Å²) in [6.07, 6.45) is 9.42. The summed E-state index contributed by atoms with van der Waals surface area (Å²) in [7, 11) is 1.62. The summed E-state index contributed by atoms with van der Waals surface area (Å²) >= 11 is 0. The van der Waals surface area contributed by atoms with E-state index in [-0.39, 0.29) is 0 Å². The zero-order valence-electron chi connectivity index (χ0n) is 21.3. The zero-order valence-corrected chi connectivity index (χ0v) is 21.3. The molecule has 0 aliphatic carbocycles. The first-order chi connectivity index (χ1) is 16.0. The molecule has 4 nitrogen and oxygen atoms in total. The molecule has 0 heterocycles. The standard InChI is InChI=1S/C29H41NO3/c1-7-9-17-32-27-19-23(4)29(24(5)20-27)33-18-12-10-11-14-25-15-13-16-26(21-25)28(30-31-6)22(3)8-2/h7,9,13,15-16,19-22H,8,10-12,14,17-18H2,1-6H3/b9-7+,30-28+. The molecule has 0 spiro atoms. The fourth-order valence-electron chi connectivity index (χ4n) is 3.85. The van der Waals surface area contributed by atoms with Crippen LogP contribution in [0.1, 0.15) is 68.7 Å². The summed E-state index contributed by atoms with van der Waals surface area (Å²) in [5.74, 6) is 2.25. The molecule has 2 aromatic rings. The zero-order chi connectivity index (χ0) is 24.1. The predicted molar refractivity (Wildman–Crippen MR) is 139 cm³/mol. The van der Waals surface area contributed by atoms with Gasteiger partial charge in [-0.1, -0.05) is 49.4 Å². The van der Waals surface area contributed by atoms with Gasteiger partial charge in [-0.15, -0.1) is 0 Å². The van der Waals surface area contributed by atoms with Crippen molar-refractivity contribution in [3.05, 3.63) is 70.8 Å². The van der Waals surface area contributed by atoms with E-state index in [0.717, 1.165) is 72.6 Å². The van der Waals surface area contributed by atoms with E-state index in [1.165, 1.54) is 5.56 Å². The molecule has 0 aliphatic rings. The fourth-order valence-corrected chi connectivity index (χ4v) is 3.85. The molecule has 0 aromatic heterocycles. The summed E-state index contributed by atoms with van der Waals surface area (Å²) < 4.78 is 11.9. The Morgan fingerprint density at radius 2 is 1.79 bits per heavy atom. The SMILES string of the molecule is C/C=C/COc1cc(C)c(OCCCCCc2cccc(/C(=N/OC)C(C)CC)c2)c(C)c1. The van der Waals surface area contributed by atoms with Crippen LogP contribution in [0.25, 0.3) is 0 Å². The molecule has 4 heteroatoms. The Morgan fingerprint density at radius 3 is 2.45 bits per heavy atom. The van der Waals surface area contributed by atoms with E-state index in [1.54, 1.807) is 7.11 Å². The van der Waals surface area contributed by atoms with Crippen LogP contribution in [0.4, 0.5) is 0 Å². The molecule has 33 heavy (non-hydrogen) atoms. The Kier molecular flexibility index (Phi) is 11.6. The first kappa shape index (κ1) is 26.5. The van der Waals surface area contributed by atoms with Gasteiger partial charge < -0.3 is 14.3 Å². The van der Waals surface area contributed by atoms with Crippen molar-refractivity contribution in [2.24, 2.45) is 11.1 Å². The molecular formula is C29H41NO3. The van der Waals surface area contributed by atoms with Crippen LogP contribution >= 0.6 is 0 Å². The molecule has 0 saturated carbocycles. The van der Waals surface area contributed by atoms with E-state index in [9.17, 15) is 0 Å².